The quantitative estimate of drug-likeness (QED) is 0.261. The molecule has 0 aliphatic carbocycles. The van der Waals surface area contributed by atoms with Crippen LogP contribution in [0.1, 0.15) is 30.6 Å². The predicted octanol–water partition coefficient (Wildman–Crippen LogP) is 0.867. The highest BCUT2D eigenvalue weighted by atomic mass is 35.5. The molecule has 0 radical (unpaired) electrons. The van der Waals surface area contributed by atoms with Crippen LogP contribution in [0.3, 0.4) is 0 Å². The van der Waals surface area contributed by atoms with Crippen molar-refractivity contribution in [2.45, 2.75) is 63.0 Å². The molecule has 3 rings (SSSR count). The van der Waals surface area contributed by atoms with Gasteiger partial charge in [-0.2, -0.15) is 11.8 Å². The van der Waals surface area contributed by atoms with Gasteiger partial charge in [0.2, 0.25) is 5.91 Å². The number of halogens is 2. The molecule has 0 saturated carbocycles. The largest absolute Gasteiger partial charge is 0.483 e. The highest BCUT2D eigenvalue weighted by Gasteiger charge is 2.54. The van der Waals surface area contributed by atoms with Crippen molar-refractivity contribution < 1.29 is 39.0 Å². The molecule has 7 atom stereocenters. The van der Waals surface area contributed by atoms with E-state index in [-0.39, 0.29) is 22.3 Å². The first kappa shape index (κ1) is 29.5. The van der Waals surface area contributed by atoms with Gasteiger partial charge < -0.3 is 40.0 Å². The fraction of sp³-hybridized carbons (Fsp3) is 0.636. The summed E-state index contributed by atoms with van der Waals surface area (Å²) in [4.78, 5) is 26.1. The van der Waals surface area contributed by atoms with Crippen molar-refractivity contribution in [3.8, 4) is 0 Å². The van der Waals surface area contributed by atoms with Crippen molar-refractivity contribution in [3.05, 3.63) is 33.8 Å². The Morgan fingerprint density at radius 2 is 1.89 bits per heavy atom. The van der Waals surface area contributed by atoms with Crippen LogP contribution in [-0.4, -0.2) is 95.6 Å². The van der Waals surface area contributed by atoms with Gasteiger partial charge in [0, 0.05) is 10.8 Å². The van der Waals surface area contributed by atoms with Crippen LogP contribution in [0.4, 0.5) is 0 Å². The summed E-state index contributed by atoms with van der Waals surface area (Å²) in [6.45, 7) is 3.41. The Balaban J connectivity index is 1.72. The van der Waals surface area contributed by atoms with E-state index in [1.807, 2.05) is 13.8 Å². The van der Waals surface area contributed by atoms with E-state index in [0.29, 0.717) is 11.4 Å². The van der Waals surface area contributed by atoms with E-state index < -0.39 is 68.2 Å². The smallest absolute Gasteiger partial charge is 0.399 e. The van der Waals surface area contributed by atoms with Gasteiger partial charge in [-0.05, 0) is 36.8 Å². The minimum Gasteiger partial charge on any atom is -0.399 e. The number of amides is 2. The van der Waals surface area contributed by atoms with Crippen molar-refractivity contribution in [2.24, 2.45) is 5.92 Å². The summed E-state index contributed by atoms with van der Waals surface area (Å²) in [5.74, 6) is -1.24. The van der Waals surface area contributed by atoms with Gasteiger partial charge in [-0.25, -0.2) is 0 Å². The Labute approximate surface area is 224 Å². The highest BCUT2D eigenvalue weighted by Crippen LogP contribution is 2.32. The fourth-order valence-corrected chi connectivity index (χ4v) is 5.05. The standard InChI is InChI=1S/C22H31BCl2N2O8S/c1-10(2)6-16(23-34-19-18(30)17(29)15(8-28)33-22(19)35-23)27-21(32)14(9-36-3)26-20(31)12-7-11(24)4-5-13(12)25/h4-5,7,10,14-19,22,28-30H,6,8-9H2,1-3H3,(H,26,31)(H,27,32)/t14-,15+,16-,17+,18?,19?,22+/m0/s1. The normalized spacial score (nSPS) is 27.5. The number of thioether (sulfide) groups is 1. The molecule has 36 heavy (non-hydrogen) atoms. The Hall–Kier alpha value is -1.09. The molecule has 2 saturated heterocycles. The Morgan fingerprint density at radius 3 is 2.53 bits per heavy atom. The zero-order valence-corrected chi connectivity index (χ0v) is 22.4. The molecule has 0 spiro atoms. The molecule has 10 nitrogen and oxygen atoms in total. The molecular weight excluding hydrogens is 534 g/mol. The lowest BCUT2D eigenvalue weighted by Crippen LogP contribution is -2.57. The highest BCUT2D eigenvalue weighted by molar-refractivity contribution is 7.98. The first-order valence-corrected chi connectivity index (χ1v) is 13.7. The first-order valence-electron chi connectivity index (χ1n) is 11.5. The van der Waals surface area contributed by atoms with Crippen LogP contribution in [-0.2, 0) is 18.8 Å². The van der Waals surface area contributed by atoms with Crippen molar-refractivity contribution in [1.29, 1.82) is 0 Å². The molecule has 5 N–H and O–H groups in total. The summed E-state index contributed by atoms with van der Waals surface area (Å²) < 4.78 is 17.2. The molecule has 2 aliphatic heterocycles. The lowest BCUT2D eigenvalue weighted by Gasteiger charge is -2.37. The second-order valence-electron chi connectivity index (χ2n) is 9.16. The van der Waals surface area contributed by atoms with E-state index >= 15 is 0 Å². The van der Waals surface area contributed by atoms with E-state index in [0.717, 1.165) is 0 Å². The van der Waals surface area contributed by atoms with E-state index in [4.69, 9.17) is 37.2 Å². The Kier molecular flexibility index (Phi) is 10.7. The number of hydrogen-bond acceptors (Lipinski definition) is 9. The maximum atomic E-state index is 13.3. The number of rotatable bonds is 10. The van der Waals surface area contributed by atoms with Gasteiger partial charge >= 0.3 is 7.12 Å². The van der Waals surface area contributed by atoms with Crippen molar-refractivity contribution >= 4 is 53.9 Å². The molecule has 1 aromatic rings. The summed E-state index contributed by atoms with van der Waals surface area (Å²) in [5.41, 5.74) is 0.150. The van der Waals surface area contributed by atoms with Gasteiger partial charge in [0.15, 0.2) is 6.29 Å². The minimum absolute atomic E-state index is 0.130. The van der Waals surface area contributed by atoms with Crippen LogP contribution in [0.5, 0.6) is 0 Å². The second-order valence-corrected chi connectivity index (χ2v) is 10.9. The number of carbonyl (C=O) groups is 2. The monoisotopic (exact) mass is 564 g/mol. The molecular formula is C22H31BCl2N2O8S. The number of carbonyl (C=O) groups excluding carboxylic acids is 2. The summed E-state index contributed by atoms with van der Waals surface area (Å²) in [5, 5.41) is 36.1. The van der Waals surface area contributed by atoms with Crippen LogP contribution >= 0.6 is 35.0 Å². The van der Waals surface area contributed by atoms with Crippen LogP contribution < -0.4 is 10.6 Å². The lowest BCUT2D eigenvalue weighted by atomic mass is 9.74. The van der Waals surface area contributed by atoms with E-state index in [1.54, 1.807) is 12.3 Å². The van der Waals surface area contributed by atoms with Crippen molar-refractivity contribution in [2.75, 3.05) is 18.6 Å². The lowest BCUT2D eigenvalue weighted by molar-refractivity contribution is -0.249. The number of aliphatic hydroxyl groups is 3. The molecule has 2 amide bonds. The number of aliphatic hydroxyl groups excluding tert-OH is 3. The molecule has 14 heteroatoms. The summed E-state index contributed by atoms with van der Waals surface area (Å²) in [7, 11) is -0.987. The van der Waals surface area contributed by atoms with Crippen molar-refractivity contribution in [3.63, 3.8) is 0 Å². The maximum absolute atomic E-state index is 13.3. The van der Waals surface area contributed by atoms with Crippen LogP contribution in [0.15, 0.2) is 18.2 Å². The fourth-order valence-electron chi connectivity index (χ4n) is 4.11. The zero-order chi connectivity index (χ0) is 26.6. The summed E-state index contributed by atoms with van der Waals surface area (Å²) in [6.07, 6.45) is -3.47. The number of hydrogen-bond donors (Lipinski definition) is 5. The molecule has 2 unspecified atom stereocenters. The molecule has 2 aliphatic rings. The third kappa shape index (κ3) is 7.06. The zero-order valence-electron chi connectivity index (χ0n) is 20.1. The SMILES string of the molecule is CSC[C@H](NC(=O)c1cc(Cl)ccc1Cl)C(=O)N[C@@H](CC(C)C)B1OC2C(O)[C@H](O)[C@@H](CO)O[C@@H]2O1. The third-order valence-corrected chi connectivity index (χ3v) is 7.13. The molecule has 0 bridgehead atoms. The van der Waals surface area contributed by atoms with Gasteiger partial charge in [-0.1, -0.05) is 37.0 Å². The predicted molar refractivity (Wildman–Crippen MR) is 137 cm³/mol. The maximum Gasteiger partial charge on any atom is 0.483 e. The Morgan fingerprint density at radius 1 is 1.17 bits per heavy atom. The topological polar surface area (TPSA) is 147 Å². The summed E-state index contributed by atoms with van der Waals surface area (Å²) in [6, 6.07) is 3.59. The minimum atomic E-state index is -1.35. The second kappa shape index (κ2) is 13.1. The van der Waals surface area contributed by atoms with E-state index in [2.05, 4.69) is 10.6 Å². The average Bonchev–Trinajstić information content (AvgIpc) is 3.26. The molecule has 2 heterocycles. The van der Waals surface area contributed by atoms with Crippen LogP contribution in [0, 0.1) is 5.92 Å². The van der Waals surface area contributed by atoms with Crippen LogP contribution in [0.2, 0.25) is 10.0 Å². The molecule has 200 valence electrons. The number of fused-ring (bicyclic) bond motifs is 1. The third-order valence-electron chi connectivity index (χ3n) is 5.89. The number of nitrogens with one attached hydrogen (secondary N) is 2. The van der Waals surface area contributed by atoms with Gasteiger partial charge in [0.05, 0.1) is 23.1 Å². The van der Waals surface area contributed by atoms with Gasteiger partial charge in [0.1, 0.15) is 30.5 Å². The van der Waals surface area contributed by atoms with Crippen molar-refractivity contribution in [1.82, 2.24) is 10.6 Å². The first-order chi connectivity index (χ1) is 17.0. The number of benzene rings is 1. The van der Waals surface area contributed by atoms with Crippen LogP contribution in [0.25, 0.3) is 0 Å². The van der Waals surface area contributed by atoms with E-state index in [1.165, 1.54) is 23.9 Å². The summed E-state index contributed by atoms with van der Waals surface area (Å²) >= 11 is 13.5. The Bertz CT molecular complexity index is 932. The van der Waals surface area contributed by atoms with Gasteiger partial charge in [0.25, 0.3) is 5.91 Å². The van der Waals surface area contributed by atoms with Gasteiger partial charge in [-0.3, -0.25) is 9.59 Å². The average molecular weight is 565 g/mol. The number of ether oxygens (including phenoxy) is 1. The van der Waals surface area contributed by atoms with E-state index in [9.17, 15) is 24.9 Å². The molecule has 2 fully saturated rings. The molecule has 0 aromatic heterocycles. The molecule has 1 aromatic carbocycles. The van der Waals surface area contributed by atoms with Gasteiger partial charge in [-0.15, -0.1) is 0 Å².